The molecule has 0 spiro atoms. The molecule has 2 aromatic carbocycles. The summed E-state index contributed by atoms with van der Waals surface area (Å²) in [5.74, 6) is 0.575. The number of rotatable bonds is 3. The van der Waals surface area contributed by atoms with Gasteiger partial charge in [-0.05, 0) is 19.9 Å². The minimum Gasteiger partial charge on any atom is -0.486 e. The summed E-state index contributed by atoms with van der Waals surface area (Å²) < 4.78 is 12.3. The first kappa shape index (κ1) is 18.3. The molecule has 8 heteroatoms. The topological polar surface area (TPSA) is 82.5 Å². The summed E-state index contributed by atoms with van der Waals surface area (Å²) in [4.78, 5) is 25.6. The number of hydrogen-bond acceptors (Lipinski definition) is 5. The third-order valence-corrected chi connectivity index (χ3v) is 4.73. The molecule has 0 saturated carbocycles. The van der Waals surface area contributed by atoms with Gasteiger partial charge in [0, 0.05) is 17.5 Å². The van der Waals surface area contributed by atoms with Crippen molar-refractivity contribution in [1.82, 2.24) is 9.78 Å². The van der Waals surface area contributed by atoms with Crippen LogP contribution in [0.3, 0.4) is 0 Å². The van der Waals surface area contributed by atoms with Gasteiger partial charge in [-0.15, -0.1) is 0 Å². The van der Waals surface area contributed by atoms with Gasteiger partial charge in [0.05, 0.1) is 22.1 Å². The number of carbonyl (C=O) groups is 1. The van der Waals surface area contributed by atoms with E-state index in [9.17, 15) is 9.59 Å². The second kappa shape index (κ2) is 7.16. The Bertz CT molecular complexity index is 1140. The van der Waals surface area contributed by atoms with E-state index in [2.05, 4.69) is 10.4 Å². The Labute approximate surface area is 165 Å². The minimum atomic E-state index is -0.468. The fraction of sp³-hybridized carbons (Fsp3) is 0.250. The van der Waals surface area contributed by atoms with Crippen molar-refractivity contribution >= 4 is 34.0 Å². The van der Waals surface area contributed by atoms with E-state index < -0.39 is 5.91 Å². The molecule has 2 heterocycles. The van der Waals surface area contributed by atoms with E-state index in [4.69, 9.17) is 21.1 Å². The third-order valence-electron chi connectivity index (χ3n) is 4.41. The van der Waals surface area contributed by atoms with Crippen molar-refractivity contribution in [2.75, 3.05) is 18.5 Å². The molecular weight excluding hydrogens is 382 g/mol. The number of nitrogens with one attached hydrogen (secondary N) is 1. The number of fused-ring (bicyclic) bond motifs is 2. The van der Waals surface area contributed by atoms with E-state index >= 15 is 0 Å². The van der Waals surface area contributed by atoms with Crippen molar-refractivity contribution in [3.63, 3.8) is 0 Å². The zero-order valence-electron chi connectivity index (χ0n) is 15.4. The van der Waals surface area contributed by atoms with Crippen molar-refractivity contribution in [1.29, 1.82) is 0 Å². The molecule has 1 aliphatic rings. The van der Waals surface area contributed by atoms with Crippen LogP contribution in [0.1, 0.15) is 30.4 Å². The maximum Gasteiger partial charge on any atom is 0.276 e. The molecule has 28 heavy (non-hydrogen) atoms. The van der Waals surface area contributed by atoms with Crippen molar-refractivity contribution < 1.29 is 14.3 Å². The van der Waals surface area contributed by atoms with Crippen molar-refractivity contribution in [2.24, 2.45) is 0 Å². The van der Waals surface area contributed by atoms with Gasteiger partial charge in [0.25, 0.3) is 11.5 Å². The molecule has 0 atom stereocenters. The van der Waals surface area contributed by atoms with E-state index in [1.165, 1.54) is 4.68 Å². The highest BCUT2D eigenvalue weighted by atomic mass is 35.5. The lowest BCUT2D eigenvalue weighted by Gasteiger charge is -2.20. The Morgan fingerprint density at radius 3 is 2.46 bits per heavy atom. The van der Waals surface area contributed by atoms with Crippen molar-refractivity contribution in [3.05, 3.63) is 57.5 Å². The molecule has 1 aromatic heterocycles. The number of carbonyl (C=O) groups excluding carboxylic acids is 1. The summed E-state index contributed by atoms with van der Waals surface area (Å²) in [7, 11) is 0. The van der Waals surface area contributed by atoms with Crippen LogP contribution in [0.15, 0.2) is 41.2 Å². The lowest BCUT2D eigenvalue weighted by Crippen LogP contribution is -2.29. The molecule has 1 amide bonds. The van der Waals surface area contributed by atoms with Gasteiger partial charge in [0.2, 0.25) is 0 Å². The summed E-state index contributed by atoms with van der Waals surface area (Å²) in [6.07, 6.45) is 0. The van der Waals surface area contributed by atoms with Crippen LogP contribution in [0.2, 0.25) is 5.02 Å². The van der Waals surface area contributed by atoms with Gasteiger partial charge in [-0.1, -0.05) is 29.8 Å². The van der Waals surface area contributed by atoms with Crippen LogP contribution in [0.5, 0.6) is 11.5 Å². The molecule has 0 radical (unpaired) electrons. The lowest BCUT2D eigenvalue weighted by atomic mass is 10.1. The van der Waals surface area contributed by atoms with Crippen LogP contribution in [-0.2, 0) is 0 Å². The standard InChI is InChI=1S/C20H18ClN3O4/c1-11(2)24-20(26)13-6-4-3-5-12(13)18(23-24)19(25)22-15-10-17-16(9-14(15)21)27-7-8-28-17/h3-6,9-11H,7-8H2,1-2H3,(H,22,25). The number of amides is 1. The number of ether oxygens (including phenoxy) is 2. The van der Waals surface area contributed by atoms with E-state index in [0.29, 0.717) is 46.2 Å². The number of aromatic nitrogens is 2. The molecule has 0 unspecified atom stereocenters. The monoisotopic (exact) mass is 399 g/mol. The average Bonchev–Trinajstić information content (AvgIpc) is 2.68. The molecule has 0 aliphatic carbocycles. The SMILES string of the molecule is CC(C)n1nc(C(=O)Nc2cc3c(cc2Cl)OCCO3)c2ccccc2c1=O. The molecule has 144 valence electrons. The van der Waals surface area contributed by atoms with Crippen molar-refractivity contribution in [3.8, 4) is 11.5 Å². The zero-order valence-corrected chi connectivity index (χ0v) is 16.1. The number of benzene rings is 2. The van der Waals surface area contributed by atoms with Crippen molar-refractivity contribution in [2.45, 2.75) is 19.9 Å². The summed E-state index contributed by atoms with van der Waals surface area (Å²) in [5.41, 5.74) is 0.290. The molecular formula is C20H18ClN3O4. The number of halogens is 1. The van der Waals surface area contributed by atoms with E-state index in [0.717, 1.165) is 0 Å². The normalized spacial score (nSPS) is 13.0. The Morgan fingerprint density at radius 1 is 1.14 bits per heavy atom. The highest BCUT2D eigenvalue weighted by Gasteiger charge is 2.21. The van der Waals surface area contributed by atoms with Crippen LogP contribution in [0.4, 0.5) is 5.69 Å². The van der Waals surface area contributed by atoms with Gasteiger partial charge >= 0.3 is 0 Å². The summed E-state index contributed by atoms with van der Waals surface area (Å²) in [6.45, 7) is 4.54. The van der Waals surface area contributed by atoms with Crippen LogP contribution in [-0.4, -0.2) is 28.9 Å². The van der Waals surface area contributed by atoms with Gasteiger partial charge in [0.15, 0.2) is 17.2 Å². The van der Waals surface area contributed by atoms with Crippen LogP contribution < -0.4 is 20.3 Å². The first-order valence-corrected chi connectivity index (χ1v) is 9.25. The second-order valence-corrected chi connectivity index (χ2v) is 7.07. The Hall–Kier alpha value is -3.06. The zero-order chi connectivity index (χ0) is 19.8. The highest BCUT2D eigenvalue weighted by Crippen LogP contribution is 2.38. The van der Waals surface area contributed by atoms with Gasteiger partial charge < -0.3 is 14.8 Å². The Kier molecular flexibility index (Phi) is 4.68. The van der Waals surface area contributed by atoms with Gasteiger partial charge in [-0.25, -0.2) is 4.68 Å². The number of nitrogens with zero attached hydrogens (tertiary/aromatic N) is 2. The van der Waals surface area contributed by atoms with Crippen LogP contribution >= 0.6 is 11.6 Å². The lowest BCUT2D eigenvalue weighted by molar-refractivity contribution is 0.102. The van der Waals surface area contributed by atoms with Gasteiger partial charge in [-0.3, -0.25) is 9.59 Å². The first-order valence-electron chi connectivity index (χ1n) is 8.87. The molecule has 1 aliphatic heterocycles. The number of hydrogen-bond donors (Lipinski definition) is 1. The molecule has 1 N–H and O–H groups in total. The average molecular weight is 400 g/mol. The summed E-state index contributed by atoms with van der Waals surface area (Å²) in [5, 5.41) is 8.31. The maximum absolute atomic E-state index is 13.0. The predicted molar refractivity (Wildman–Crippen MR) is 107 cm³/mol. The molecule has 0 fully saturated rings. The van der Waals surface area contributed by atoms with E-state index in [1.807, 2.05) is 13.8 Å². The van der Waals surface area contributed by atoms with Crippen LogP contribution in [0, 0.1) is 0 Å². The summed E-state index contributed by atoms with van der Waals surface area (Å²) in [6, 6.07) is 9.94. The second-order valence-electron chi connectivity index (χ2n) is 6.67. The first-order chi connectivity index (χ1) is 13.5. The molecule has 3 aromatic rings. The molecule has 0 saturated heterocycles. The third kappa shape index (κ3) is 3.18. The molecule has 0 bridgehead atoms. The van der Waals surface area contributed by atoms with E-state index in [-0.39, 0.29) is 17.3 Å². The summed E-state index contributed by atoms with van der Waals surface area (Å²) >= 11 is 6.29. The minimum absolute atomic E-state index is 0.148. The fourth-order valence-corrected chi connectivity index (χ4v) is 3.27. The Morgan fingerprint density at radius 2 is 1.79 bits per heavy atom. The molecule has 7 nitrogen and oxygen atoms in total. The van der Waals surface area contributed by atoms with E-state index in [1.54, 1.807) is 36.4 Å². The maximum atomic E-state index is 13.0. The van der Waals surface area contributed by atoms with Gasteiger partial charge in [0.1, 0.15) is 13.2 Å². The number of anilines is 1. The highest BCUT2D eigenvalue weighted by molar-refractivity contribution is 6.34. The predicted octanol–water partition coefficient (Wildman–Crippen LogP) is 3.65. The fourth-order valence-electron chi connectivity index (χ4n) is 3.07. The Balaban J connectivity index is 1.78. The molecule has 4 rings (SSSR count). The smallest absolute Gasteiger partial charge is 0.276 e. The van der Waals surface area contributed by atoms with Crippen LogP contribution in [0.25, 0.3) is 10.8 Å². The van der Waals surface area contributed by atoms with Gasteiger partial charge in [-0.2, -0.15) is 5.10 Å². The quantitative estimate of drug-likeness (QED) is 0.726. The largest absolute Gasteiger partial charge is 0.486 e.